The Morgan fingerprint density at radius 2 is 1.71 bits per heavy atom. The average Bonchev–Trinajstić information content (AvgIpc) is 2.93. The van der Waals surface area contributed by atoms with E-state index in [0.29, 0.717) is 6.04 Å². The lowest BCUT2D eigenvalue weighted by atomic mass is 10.2. The first-order chi connectivity index (χ1) is 10.2. The summed E-state index contributed by atoms with van der Waals surface area (Å²) >= 11 is 0. The summed E-state index contributed by atoms with van der Waals surface area (Å²) in [7, 11) is 0. The average molecular weight is 286 g/mol. The van der Waals surface area contributed by atoms with E-state index in [-0.39, 0.29) is 0 Å². The van der Waals surface area contributed by atoms with Crippen molar-refractivity contribution in [2.45, 2.75) is 46.4 Å². The van der Waals surface area contributed by atoms with Crippen LogP contribution in [0.3, 0.4) is 0 Å². The summed E-state index contributed by atoms with van der Waals surface area (Å²) in [6, 6.07) is 15.2. The number of nitrogens with one attached hydrogen (secondary N) is 1. The van der Waals surface area contributed by atoms with Crippen LogP contribution in [0.15, 0.2) is 46.9 Å². The van der Waals surface area contributed by atoms with Crippen molar-refractivity contribution in [3.63, 3.8) is 0 Å². The number of rotatable bonds is 8. The van der Waals surface area contributed by atoms with Gasteiger partial charge in [0.05, 0.1) is 13.1 Å². The molecular formula is C18H26N2O. The van der Waals surface area contributed by atoms with Crippen molar-refractivity contribution in [2.24, 2.45) is 0 Å². The lowest BCUT2D eigenvalue weighted by Crippen LogP contribution is -2.22. The van der Waals surface area contributed by atoms with Crippen molar-refractivity contribution < 1.29 is 4.42 Å². The molecule has 0 aliphatic rings. The molecule has 0 amide bonds. The topological polar surface area (TPSA) is 28.4 Å². The Bertz CT molecular complexity index is 519. The minimum Gasteiger partial charge on any atom is -0.463 e. The molecule has 0 aliphatic carbocycles. The first-order valence-electron chi connectivity index (χ1n) is 7.74. The fraction of sp³-hybridized carbons (Fsp3) is 0.444. The smallest absolute Gasteiger partial charge is 0.118 e. The van der Waals surface area contributed by atoms with Crippen molar-refractivity contribution >= 4 is 0 Å². The Labute approximate surface area is 128 Å². The normalized spacial score (nSPS) is 11.5. The molecule has 0 fully saturated rings. The maximum absolute atomic E-state index is 5.90. The number of hydrogen-bond acceptors (Lipinski definition) is 3. The zero-order valence-corrected chi connectivity index (χ0v) is 13.3. The highest BCUT2D eigenvalue weighted by Gasteiger charge is 2.08. The minimum atomic E-state index is 0.476. The fourth-order valence-corrected chi connectivity index (χ4v) is 2.25. The van der Waals surface area contributed by atoms with Gasteiger partial charge in [-0.1, -0.05) is 51.1 Å². The van der Waals surface area contributed by atoms with Gasteiger partial charge in [0.15, 0.2) is 0 Å². The van der Waals surface area contributed by atoms with Gasteiger partial charge in [-0.3, -0.25) is 4.90 Å². The Balaban J connectivity index is 1.89. The van der Waals surface area contributed by atoms with Gasteiger partial charge in [0.2, 0.25) is 0 Å². The highest BCUT2D eigenvalue weighted by Crippen LogP contribution is 2.13. The van der Waals surface area contributed by atoms with Crippen molar-refractivity contribution in [3.8, 4) is 0 Å². The predicted molar refractivity (Wildman–Crippen MR) is 86.9 cm³/mol. The molecule has 0 saturated carbocycles. The van der Waals surface area contributed by atoms with Crippen LogP contribution in [0.2, 0.25) is 0 Å². The Hall–Kier alpha value is -1.58. The molecule has 1 N–H and O–H groups in total. The summed E-state index contributed by atoms with van der Waals surface area (Å²) < 4.78 is 5.90. The second-order valence-corrected chi connectivity index (χ2v) is 5.69. The van der Waals surface area contributed by atoms with E-state index in [0.717, 1.165) is 37.7 Å². The van der Waals surface area contributed by atoms with Gasteiger partial charge in [-0.2, -0.15) is 0 Å². The van der Waals surface area contributed by atoms with Crippen LogP contribution in [-0.2, 0) is 19.6 Å². The summed E-state index contributed by atoms with van der Waals surface area (Å²) in [6.07, 6.45) is 0. The quantitative estimate of drug-likeness (QED) is 0.800. The molecule has 0 atom stereocenters. The summed E-state index contributed by atoms with van der Waals surface area (Å²) in [6.45, 7) is 10.1. The maximum Gasteiger partial charge on any atom is 0.118 e. The van der Waals surface area contributed by atoms with Crippen LogP contribution in [0, 0.1) is 0 Å². The zero-order valence-electron chi connectivity index (χ0n) is 13.3. The van der Waals surface area contributed by atoms with E-state index in [4.69, 9.17) is 4.42 Å². The number of benzene rings is 1. The summed E-state index contributed by atoms with van der Waals surface area (Å²) in [5, 5.41) is 3.37. The van der Waals surface area contributed by atoms with Crippen molar-refractivity contribution in [3.05, 3.63) is 59.5 Å². The first-order valence-corrected chi connectivity index (χ1v) is 7.74. The summed E-state index contributed by atoms with van der Waals surface area (Å²) in [4.78, 5) is 2.38. The van der Waals surface area contributed by atoms with Gasteiger partial charge in [-0.15, -0.1) is 0 Å². The molecular weight excluding hydrogens is 260 g/mol. The zero-order chi connectivity index (χ0) is 15.1. The molecule has 2 aromatic rings. The molecule has 1 heterocycles. The van der Waals surface area contributed by atoms with Gasteiger partial charge in [-0.05, 0) is 24.2 Å². The SMILES string of the molecule is CCN(Cc1ccccc1)Cc1ccc(CNC(C)C)o1. The second kappa shape index (κ2) is 8.01. The van der Waals surface area contributed by atoms with Gasteiger partial charge >= 0.3 is 0 Å². The molecule has 0 radical (unpaired) electrons. The maximum atomic E-state index is 5.90. The fourth-order valence-electron chi connectivity index (χ4n) is 2.25. The van der Waals surface area contributed by atoms with E-state index in [1.54, 1.807) is 0 Å². The van der Waals surface area contributed by atoms with Crippen molar-refractivity contribution in [1.82, 2.24) is 10.2 Å². The van der Waals surface area contributed by atoms with E-state index >= 15 is 0 Å². The van der Waals surface area contributed by atoms with Crippen LogP contribution in [0.4, 0.5) is 0 Å². The highest BCUT2D eigenvalue weighted by molar-refractivity contribution is 5.15. The molecule has 0 saturated heterocycles. The van der Waals surface area contributed by atoms with Gasteiger partial charge in [-0.25, -0.2) is 0 Å². The Kier molecular flexibility index (Phi) is 6.03. The molecule has 114 valence electrons. The molecule has 1 aromatic carbocycles. The third-order valence-electron chi connectivity index (χ3n) is 3.48. The lowest BCUT2D eigenvalue weighted by molar-refractivity contribution is 0.244. The monoisotopic (exact) mass is 286 g/mol. The molecule has 0 spiro atoms. The van der Waals surface area contributed by atoms with Crippen LogP contribution in [0.1, 0.15) is 37.9 Å². The highest BCUT2D eigenvalue weighted by atomic mass is 16.3. The third kappa shape index (κ3) is 5.37. The van der Waals surface area contributed by atoms with Crippen molar-refractivity contribution in [2.75, 3.05) is 6.54 Å². The van der Waals surface area contributed by atoms with E-state index in [1.165, 1.54) is 5.56 Å². The molecule has 0 aliphatic heterocycles. The molecule has 1 aromatic heterocycles. The number of furan rings is 1. The molecule has 0 bridgehead atoms. The largest absolute Gasteiger partial charge is 0.463 e. The van der Waals surface area contributed by atoms with Gasteiger partial charge in [0.25, 0.3) is 0 Å². The van der Waals surface area contributed by atoms with Gasteiger partial charge in [0.1, 0.15) is 11.5 Å². The van der Waals surface area contributed by atoms with Gasteiger partial charge < -0.3 is 9.73 Å². The molecule has 2 rings (SSSR count). The molecule has 3 heteroatoms. The van der Waals surface area contributed by atoms with E-state index in [1.807, 2.05) is 0 Å². The molecule has 3 nitrogen and oxygen atoms in total. The summed E-state index contributed by atoms with van der Waals surface area (Å²) in [5.41, 5.74) is 1.34. The Morgan fingerprint density at radius 3 is 2.38 bits per heavy atom. The van der Waals surface area contributed by atoms with Crippen LogP contribution in [0.25, 0.3) is 0 Å². The standard InChI is InChI=1S/C18H26N2O/c1-4-20(13-16-8-6-5-7-9-16)14-18-11-10-17(21-18)12-19-15(2)3/h5-11,15,19H,4,12-14H2,1-3H3. The molecule has 21 heavy (non-hydrogen) atoms. The lowest BCUT2D eigenvalue weighted by Gasteiger charge is -2.19. The number of hydrogen-bond donors (Lipinski definition) is 1. The summed E-state index contributed by atoms with van der Waals surface area (Å²) in [5.74, 6) is 2.04. The van der Waals surface area contributed by atoms with Gasteiger partial charge in [0, 0.05) is 12.6 Å². The predicted octanol–water partition coefficient (Wildman–Crippen LogP) is 3.80. The van der Waals surface area contributed by atoms with Crippen molar-refractivity contribution in [1.29, 1.82) is 0 Å². The number of nitrogens with zero attached hydrogens (tertiary/aromatic N) is 1. The van der Waals surface area contributed by atoms with E-state index in [9.17, 15) is 0 Å². The minimum absolute atomic E-state index is 0.476. The van der Waals surface area contributed by atoms with E-state index in [2.05, 4.69) is 73.5 Å². The van der Waals surface area contributed by atoms with Crippen LogP contribution < -0.4 is 5.32 Å². The van der Waals surface area contributed by atoms with E-state index < -0.39 is 0 Å². The molecule has 0 unspecified atom stereocenters. The van der Waals surface area contributed by atoms with Crippen LogP contribution in [0.5, 0.6) is 0 Å². The second-order valence-electron chi connectivity index (χ2n) is 5.69. The first kappa shape index (κ1) is 15.8. The third-order valence-corrected chi connectivity index (χ3v) is 3.48. The van der Waals surface area contributed by atoms with Crippen LogP contribution in [-0.4, -0.2) is 17.5 Å². The Morgan fingerprint density at radius 1 is 1.00 bits per heavy atom. The van der Waals surface area contributed by atoms with Crippen LogP contribution >= 0.6 is 0 Å².